The molecule has 2 rings (SSSR count). The van der Waals surface area contributed by atoms with Gasteiger partial charge in [0.1, 0.15) is 5.82 Å². The van der Waals surface area contributed by atoms with Crippen molar-refractivity contribution in [3.05, 3.63) is 58.2 Å². The highest BCUT2D eigenvalue weighted by Gasteiger charge is 2.12. The molecule has 0 saturated carbocycles. The molecule has 0 aliphatic carbocycles. The largest absolute Gasteiger partial charge is 0.346 e. The number of hydrogen-bond donors (Lipinski definition) is 3. The van der Waals surface area contributed by atoms with Gasteiger partial charge in [0.25, 0.3) is 5.91 Å². The maximum Gasteiger partial charge on any atom is 0.251 e. The second kappa shape index (κ2) is 6.49. The Bertz CT molecular complexity index is 600. The zero-order chi connectivity index (χ0) is 14.5. The van der Waals surface area contributed by atoms with Crippen molar-refractivity contribution in [2.45, 2.75) is 13.0 Å². The third-order valence-electron chi connectivity index (χ3n) is 2.89. The van der Waals surface area contributed by atoms with Gasteiger partial charge in [0, 0.05) is 16.2 Å². The second-order valence-electron chi connectivity index (χ2n) is 4.32. The van der Waals surface area contributed by atoms with Crippen LogP contribution >= 0.6 is 15.9 Å². The Labute approximate surface area is 125 Å². The van der Waals surface area contributed by atoms with Gasteiger partial charge in [-0.05, 0) is 36.8 Å². The number of halogens is 1. The van der Waals surface area contributed by atoms with Gasteiger partial charge in [-0.1, -0.05) is 28.1 Å². The van der Waals surface area contributed by atoms with E-state index in [4.69, 9.17) is 5.84 Å². The summed E-state index contributed by atoms with van der Waals surface area (Å²) in [5.41, 5.74) is 3.96. The minimum Gasteiger partial charge on any atom is -0.346 e. The Balaban J connectivity index is 2.08. The van der Waals surface area contributed by atoms with Crippen molar-refractivity contribution in [2.24, 2.45) is 5.84 Å². The number of benzene rings is 1. The first-order valence-electron chi connectivity index (χ1n) is 6.09. The predicted molar refractivity (Wildman–Crippen MR) is 82.1 cm³/mol. The number of nitrogens with zero attached hydrogens (tertiary/aromatic N) is 1. The van der Waals surface area contributed by atoms with Gasteiger partial charge in [-0.25, -0.2) is 10.8 Å². The van der Waals surface area contributed by atoms with Crippen LogP contribution in [0.5, 0.6) is 0 Å². The number of nitrogens with one attached hydrogen (secondary N) is 2. The molecule has 0 aliphatic rings. The zero-order valence-corrected chi connectivity index (χ0v) is 12.5. The number of carbonyl (C=O) groups excluding carboxylic acids is 1. The molecule has 104 valence electrons. The highest BCUT2D eigenvalue weighted by molar-refractivity contribution is 9.10. The minimum atomic E-state index is -0.167. The minimum absolute atomic E-state index is 0.0851. The molecule has 1 atom stereocenters. The number of aromatic nitrogens is 1. The third-order valence-corrected chi connectivity index (χ3v) is 3.42. The van der Waals surface area contributed by atoms with Crippen molar-refractivity contribution in [1.29, 1.82) is 0 Å². The van der Waals surface area contributed by atoms with Crippen LogP contribution in [0.2, 0.25) is 0 Å². The number of nitrogen functional groups attached to an aromatic ring is 1. The Hall–Kier alpha value is -1.92. The molecule has 4 N–H and O–H groups in total. The van der Waals surface area contributed by atoms with Crippen LogP contribution in [-0.4, -0.2) is 10.9 Å². The van der Waals surface area contributed by atoms with Crippen LogP contribution in [0.1, 0.15) is 28.9 Å². The summed E-state index contributed by atoms with van der Waals surface area (Å²) in [5, 5.41) is 2.93. The number of rotatable bonds is 4. The molecule has 0 radical (unpaired) electrons. The van der Waals surface area contributed by atoms with Crippen molar-refractivity contribution < 1.29 is 4.79 Å². The molecule has 0 saturated heterocycles. The summed E-state index contributed by atoms with van der Waals surface area (Å²) in [6.45, 7) is 1.93. The summed E-state index contributed by atoms with van der Waals surface area (Å²) in [5.74, 6) is 5.56. The van der Waals surface area contributed by atoms with E-state index in [2.05, 4.69) is 31.7 Å². The Morgan fingerprint density at radius 3 is 2.65 bits per heavy atom. The molecule has 1 unspecified atom stereocenters. The van der Waals surface area contributed by atoms with Crippen LogP contribution in [0.4, 0.5) is 5.82 Å². The van der Waals surface area contributed by atoms with Gasteiger partial charge in [0.15, 0.2) is 0 Å². The summed E-state index contributed by atoms with van der Waals surface area (Å²) >= 11 is 3.38. The lowest BCUT2D eigenvalue weighted by Gasteiger charge is -2.14. The Morgan fingerprint density at radius 2 is 2.00 bits per heavy atom. The molecule has 1 aromatic carbocycles. The van der Waals surface area contributed by atoms with E-state index in [0.29, 0.717) is 11.4 Å². The first kappa shape index (κ1) is 14.5. The van der Waals surface area contributed by atoms with Gasteiger partial charge in [-0.2, -0.15) is 0 Å². The fourth-order valence-corrected chi connectivity index (χ4v) is 2.03. The van der Waals surface area contributed by atoms with Crippen LogP contribution in [0, 0.1) is 0 Å². The lowest BCUT2D eigenvalue weighted by atomic mass is 10.1. The van der Waals surface area contributed by atoms with E-state index in [9.17, 15) is 4.79 Å². The van der Waals surface area contributed by atoms with E-state index in [0.717, 1.165) is 10.0 Å². The monoisotopic (exact) mass is 334 g/mol. The van der Waals surface area contributed by atoms with Crippen molar-refractivity contribution in [1.82, 2.24) is 10.3 Å². The van der Waals surface area contributed by atoms with Gasteiger partial charge in [0.05, 0.1) is 6.04 Å². The van der Waals surface area contributed by atoms with E-state index in [1.165, 1.54) is 6.20 Å². The van der Waals surface area contributed by atoms with Crippen molar-refractivity contribution in [2.75, 3.05) is 5.43 Å². The topological polar surface area (TPSA) is 80.0 Å². The van der Waals surface area contributed by atoms with Gasteiger partial charge < -0.3 is 10.7 Å². The average molecular weight is 335 g/mol. The van der Waals surface area contributed by atoms with Gasteiger partial charge in [-0.15, -0.1) is 0 Å². The van der Waals surface area contributed by atoms with Crippen LogP contribution in [0.25, 0.3) is 0 Å². The number of carbonyl (C=O) groups is 1. The number of pyridine rings is 1. The van der Waals surface area contributed by atoms with E-state index < -0.39 is 0 Å². The molecule has 1 heterocycles. The molecule has 0 aliphatic heterocycles. The summed E-state index contributed by atoms with van der Waals surface area (Å²) in [4.78, 5) is 16.1. The first-order chi connectivity index (χ1) is 9.60. The lowest BCUT2D eigenvalue weighted by Crippen LogP contribution is -2.26. The van der Waals surface area contributed by atoms with Crippen molar-refractivity contribution >= 4 is 27.7 Å². The quantitative estimate of drug-likeness (QED) is 0.593. The van der Waals surface area contributed by atoms with Gasteiger partial charge in [0.2, 0.25) is 0 Å². The second-order valence-corrected chi connectivity index (χ2v) is 5.24. The first-order valence-corrected chi connectivity index (χ1v) is 6.88. The summed E-state index contributed by atoms with van der Waals surface area (Å²) in [7, 11) is 0. The molecule has 5 nitrogen and oxygen atoms in total. The van der Waals surface area contributed by atoms with Crippen LogP contribution < -0.4 is 16.6 Å². The maximum atomic E-state index is 12.1. The zero-order valence-electron chi connectivity index (χ0n) is 10.9. The van der Waals surface area contributed by atoms with Crippen molar-refractivity contribution in [3.63, 3.8) is 0 Å². The lowest BCUT2D eigenvalue weighted by molar-refractivity contribution is 0.0940. The number of nitrogens with two attached hydrogens (primary N) is 1. The molecule has 6 heteroatoms. The van der Waals surface area contributed by atoms with Crippen LogP contribution in [-0.2, 0) is 0 Å². The molecule has 1 amide bonds. The highest BCUT2D eigenvalue weighted by Crippen LogP contribution is 2.17. The highest BCUT2D eigenvalue weighted by atomic mass is 79.9. The average Bonchev–Trinajstić information content (AvgIpc) is 2.47. The normalized spacial score (nSPS) is 11.8. The summed E-state index contributed by atoms with van der Waals surface area (Å²) in [6, 6.07) is 11.0. The fraction of sp³-hybridized carbons (Fsp3) is 0.143. The van der Waals surface area contributed by atoms with E-state index in [-0.39, 0.29) is 11.9 Å². The number of anilines is 1. The summed E-state index contributed by atoms with van der Waals surface area (Å²) in [6.07, 6.45) is 1.54. The molecule has 2 aromatic rings. The number of hydrazine groups is 1. The molecular weight excluding hydrogens is 320 g/mol. The standard InChI is InChI=1S/C14H15BrN4O/c1-9(10-2-4-12(15)5-3-10)18-14(20)11-6-7-17-13(8-11)19-16/h2-9H,16H2,1H3,(H,17,19)(H,18,20). The van der Waals surface area contributed by atoms with E-state index in [1.54, 1.807) is 12.1 Å². The van der Waals surface area contributed by atoms with E-state index >= 15 is 0 Å². The SMILES string of the molecule is CC(NC(=O)c1ccnc(NN)c1)c1ccc(Br)cc1. The molecule has 20 heavy (non-hydrogen) atoms. The molecular formula is C14H15BrN4O. The number of amides is 1. The fourth-order valence-electron chi connectivity index (χ4n) is 1.77. The van der Waals surface area contributed by atoms with Crippen molar-refractivity contribution in [3.8, 4) is 0 Å². The predicted octanol–water partition coefficient (Wildman–Crippen LogP) is 2.62. The van der Waals surface area contributed by atoms with Gasteiger partial charge >= 0.3 is 0 Å². The van der Waals surface area contributed by atoms with Crippen LogP contribution in [0.3, 0.4) is 0 Å². The Morgan fingerprint density at radius 1 is 1.30 bits per heavy atom. The third kappa shape index (κ3) is 3.55. The smallest absolute Gasteiger partial charge is 0.251 e. The van der Waals surface area contributed by atoms with Gasteiger partial charge in [-0.3, -0.25) is 4.79 Å². The molecule has 1 aromatic heterocycles. The Kier molecular flexibility index (Phi) is 4.70. The molecule has 0 spiro atoms. The molecule has 0 bridgehead atoms. The maximum absolute atomic E-state index is 12.1. The molecule has 0 fully saturated rings. The number of hydrogen-bond acceptors (Lipinski definition) is 4. The van der Waals surface area contributed by atoms with Crippen LogP contribution in [0.15, 0.2) is 47.1 Å². The summed E-state index contributed by atoms with van der Waals surface area (Å²) < 4.78 is 1.01. The van der Waals surface area contributed by atoms with E-state index in [1.807, 2.05) is 31.2 Å².